The number of aromatic nitrogens is 1. The summed E-state index contributed by atoms with van der Waals surface area (Å²) >= 11 is 0. The Bertz CT molecular complexity index is 505. The monoisotopic (exact) mass is 204 g/mol. The summed E-state index contributed by atoms with van der Waals surface area (Å²) in [6.07, 6.45) is 1.48. The van der Waals surface area contributed by atoms with Crippen LogP contribution in [-0.4, -0.2) is 9.91 Å². The lowest BCUT2D eigenvalue weighted by Gasteiger charge is -1.95. The molecule has 0 atom stereocenters. The second kappa shape index (κ2) is 3.53. The van der Waals surface area contributed by atoms with E-state index in [2.05, 4.69) is 4.98 Å². The van der Waals surface area contributed by atoms with Crippen molar-refractivity contribution in [3.63, 3.8) is 0 Å². The lowest BCUT2D eigenvalue weighted by atomic mass is 10.1. The minimum Gasteiger partial charge on any atom is -0.449 e. The van der Waals surface area contributed by atoms with Gasteiger partial charge in [0.2, 0.25) is 0 Å². The van der Waals surface area contributed by atoms with E-state index in [4.69, 9.17) is 4.42 Å². The van der Waals surface area contributed by atoms with Gasteiger partial charge in [0.1, 0.15) is 12.0 Å². The molecule has 1 heterocycles. The van der Waals surface area contributed by atoms with Gasteiger partial charge in [-0.15, -0.1) is 0 Å². The van der Waals surface area contributed by atoms with Crippen LogP contribution >= 0.6 is 0 Å². The van der Waals surface area contributed by atoms with E-state index in [9.17, 15) is 10.1 Å². The standard InChI is InChI=1S/C10H8N2O3/c1-7-11-10(6-15-7)8-3-2-4-9(5-8)12(13)14/h2-6H,1H3. The smallest absolute Gasteiger partial charge is 0.270 e. The highest BCUT2D eigenvalue weighted by Crippen LogP contribution is 2.22. The van der Waals surface area contributed by atoms with Crippen molar-refractivity contribution in [1.82, 2.24) is 4.98 Å². The average molecular weight is 204 g/mol. The second-order valence-electron chi connectivity index (χ2n) is 3.06. The number of aryl methyl sites for hydroxylation is 1. The second-order valence-corrected chi connectivity index (χ2v) is 3.06. The molecule has 0 aliphatic carbocycles. The number of hydrogen-bond donors (Lipinski definition) is 0. The van der Waals surface area contributed by atoms with Crippen molar-refractivity contribution in [2.24, 2.45) is 0 Å². The fraction of sp³-hybridized carbons (Fsp3) is 0.100. The van der Waals surface area contributed by atoms with Gasteiger partial charge in [0.15, 0.2) is 5.89 Å². The van der Waals surface area contributed by atoms with Gasteiger partial charge in [0.05, 0.1) is 4.92 Å². The molecule has 0 N–H and O–H groups in total. The van der Waals surface area contributed by atoms with E-state index in [1.807, 2.05) is 0 Å². The third-order valence-corrected chi connectivity index (χ3v) is 1.97. The third kappa shape index (κ3) is 1.85. The minimum atomic E-state index is -0.434. The SMILES string of the molecule is Cc1nc(-c2cccc([N+](=O)[O-])c2)co1. The number of nitro benzene ring substituents is 1. The predicted molar refractivity (Wildman–Crippen MR) is 53.3 cm³/mol. The summed E-state index contributed by atoms with van der Waals surface area (Å²) in [5.74, 6) is 0.538. The Hall–Kier alpha value is -2.17. The first-order chi connectivity index (χ1) is 7.16. The normalized spacial score (nSPS) is 10.2. The molecule has 0 aliphatic rings. The fourth-order valence-electron chi connectivity index (χ4n) is 1.27. The van der Waals surface area contributed by atoms with E-state index in [-0.39, 0.29) is 5.69 Å². The predicted octanol–water partition coefficient (Wildman–Crippen LogP) is 2.56. The zero-order valence-electron chi connectivity index (χ0n) is 8.01. The lowest BCUT2D eigenvalue weighted by Crippen LogP contribution is -1.88. The van der Waals surface area contributed by atoms with Crippen molar-refractivity contribution in [1.29, 1.82) is 0 Å². The topological polar surface area (TPSA) is 69.2 Å². The van der Waals surface area contributed by atoms with Gasteiger partial charge in [0.25, 0.3) is 5.69 Å². The van der Waals surface area contributed by atoms with E-state index < -0.39 is 4.92 Å². The third-order valence-electron chi connectivity index (χ3n) is 1.97. The van der Waals surface area contributed by atoms with Crippen LogP contribution in [0.1, 0.15) is 5.89 Å². The first-order valence-corrected chi connectivity index (χ1v) is 4.34. The summed E-state index contributed by atoms with van der Waals surface area (Å²) < 4.78 is 5.04. The van der Waals surface area contributed by atoms with E-state index in [1.165, 1.54) is 18.4 Å². The first-order valence-electron chi connectivity index (χ1n) is 4.34. The number of hydrogen-bond acceptors (Lipinski definition) is 4. The Labute approximate surface area is 85.5 Å². The van der Waals surface area contributed by atoms with Crippen LogP contribution in [0.5, 0.6) is 0 Å². The van der Waals surface area contributed by atoms with Gasteiger partial charge in [-0.1, -0.05) is 12.1 Å². The molecule has 0 amide bonds. The van der Waals surface area contributed by atoms with Crippen LogP contribution in [0.3, 0.4) is 0 Å². The summed E-state index contributed by atoms with van der Waals surface area (Å²) in [7, 11) is 0. The van der Waals surface area contributed by atoms with Crippen molar-refractivity contribution >= 4 is 5.69 Å². The summed E-state index contributed by atoms with van der Waals surface area (Å²) in [6.45, 7) is 1.72. The number of rotatable bonds is 2. The molecule has 76 valence electrons. The lowest BCUT2D eigenvalue weighted by molar-refractivity contribution is -0.384. The van der Waals surface area contributed by atoms with Gasteiger partial charge in [-0.3, -0.25) is 10.1 Å². The zero-order valence-corrected chi connectivity index (χ0v) is 8.01. The molecule has 1 aromatic heterocycles. The van der Waals surface area contributed by atoms with Crippen LogP contribution in [0.15, 0.2) is 34.9 Å². The van der Waals surface area contributed by atoms with Crippen LogP contribution in [0.4, 0.5) is 5.69 Å². The molecule has 0 radical (unpaired) electrons. The maximum absolute atomic E-state index is 10.6. The molecule has 0 bridgehead atoms. The number of nitrogens with zero attached hydrogens (tertiary/aromatic N) is 2. The molecule has 2 aromatic rings. The van der Waals surface area contributed by atoms with Crippen molar-refractivity contribution in [2.75, 3.05) is 0 Å². The fourth-order valence-corrected chi connectivity index (χ4v) is 1.27. The molecule has 1 aromatic carbocycles. The minimum absolute atomic E-state index is 0.0492. The van der Waals surface area contributed by atoms with Crippen molar-refractivity contribution < 1.29 is 9.34 Å². The molecule has 5 nitrogen and oxygen atoms in total. The van der Waals surface area contributed by atoms with Crippen LogP contribution < -0.4 is 0 Å². The molecular weight excluding hydrogens is 196 g/mol. The van der Waals surface area contributed by atoms with Crippen LogP contribution in [0.25, 0.3) is 11.3 Å². The summed E-state index contributed by atoms with van der Waals surface area (Å²) in [5.41, 5.74) is 1.34. The quantitative estimate of drug-likeness (QED) is 0.556. The van der Waals surface area contributed by atoms with Gasteiger partial charge in [-0.25, -0.2) is 4.98 Å². The Morgan fingerprint density at radius 1 is 1.47 bits per heavy atom. The number of benzene rings is 1. The number of non-ortho nitro benzene ring substituents is 1. The molecule has 5 heteroatoms. The van der Waals surface area contributed by atoms with E-state index in [0.717, 1.165) is 0 Å². The molecular formula is C10H8N2O3. The Morgan fingerprint density at radius 3 is 2.87 bits per heavy atom. The molecule has 2 rings (SSSR count). The van der Waals surface area contributed by atoms with Crippen LogP contribution in [0.2, 0.25) is 0 Å². The highest BCUT2D eigenvalue weighted by atomic mass is 16.6. The molecule has 0 aliphatic heterocycles. The average Bonchev–Trinajstić information content (AvgIpc) is 2.65. The maximum Gasteiger partial charge on any atom is 0.270 e. The highest BCUT2D eigenvalue weighted by Gasteiger charge is 2.09. The number of oxazole rings is 1. The molecule has 0 spiro atoms. The van der Waals surface area contributed by atoms with Crippen molar-refractivity contribution in [2.45, 2.75) is 6.92 Å². The summed E-state index contributed by atoms with van der Waals surface area (Å²) in [6, 6.07) is 6.29. The number of nitro groups is 1. The van der Waals surface area contributed by atoms with Crippen LogP contribution in [-0.2, 0) is 0 Å². The first kappa shape index (κ1) is 9.39. The summed E-state index contributed by atoms with van der Waals surface area (Å²) in [4.78, 5) is 14.2. The molecule has 0 saturated heterocycles. The Morgan fingerprint density at radius 2 is 2.27 bits per heavy atom. The van der Waals surface area contributed by atoms with Crippen LogP contribution in [0, 0.1) is 17.0 Å². The zero-order chi connectivity index (χ0) is 10.8. The van der Waals surface area contributed by atoms with E-state index >= 15 is 0 Å². The van der Waals surface area contributed by atoms with Gasteiger partial charge in [0, 0.05) is 24.6 Å². The van der Waals surface area contributed by atoms with Gasteiger partial charge >= 0.3 is 0 Å². The molecule has 15 heavy (non-hydrogen) atoms. The largest absolute Gasteiger partial charge is 0.449 e. The maximum atomic E-state index is 10.6. The molecule has 0 saturated carbocycles. The van der Waals surface area contributed by atoms with E-state index in [0.29, 0.717) is 17.1 Å². The molecule has 0 unspecified atom stereocenters. The molecule has 0 fully saturated rings. The Balaban J connectivity index is 2.45. The summed E-state index contributed by atoms with van der Waals surface area (Å²) in [5, 5.41) is 10.6. The van der Waals surface area contributed by atoms with Gasteiger partial charge in [-0.2, -0.15) is 0 Å². The van der Waals surface area contributed by atoms with Gasteiger partial charge in [-0.05, 0) is 0 Å². The van der Waals surface area contributed by atoms with Crippen molar-refractivity contribution in [3.8, 4) is 11.3 Å². The van der Waals surface area contributed by atoms with Gasteiger partial charge < -0.3 is 4.42 Å². The van der Waals surface area contributed by atoms with E-state index in [1.54, 1.807) is 19.1 Å². The Kier molecular flexibility index (Phi) is 2.21. The highest BCUT2D eigenvalue weighted by molar-refractivity contribution is 5.61. The van der Waals surface area contributed by atoms with Crippen molar-refractivity contribution in [3.05, 3.63) is 46.5 Å².